The number of hydrogen-bond acceptors (Lipinski definition) is 3. The van der Waals surface area contributed by atoms with Crippen molar-refractivity contribution >= 4 is 0 Å². The van der Waals surface area contributed by atoms with Crippen LogP contribution in [-0.4, -0.2) is 20.8 Å². The molecule has 0 aromatic carbocycles. The van der Waals surface area contributed by atoms with E-state index in [0.29, 0.717) is 6.04 Å². The number of pyridine rings is 1. The normalized spacial score (nSPS) is 10.9. The zero-order chi connectivity index (χ0) is 11.4. The summed E-state index contributed by atoms with van der Waals surface area (Å²) < 4.78 is 1.84. The first kappa shape index (κ1) is 10.8. The lowest BCUT2D eigenvalue weighted by atomic mass is 10.3. The van der Waals surface area contributed by atoms with Gasteiger partial charge in [0.25, 0.3) is 0 Å². The Morgan fingerprint density at radius 1 is 1.38 bits per heavy atom. The molecule has 0 bridgehead atoms. The Hall–Kier alpha value is -1.68. The largest absolute Gasteiger partial charge is 0.309 e. The first-order valence-electron chi connectivity index (χ1n) is 5.44. The van der Waals surface area contributed by atoms with Crippen molar-refractivity contribution in [1.82, 2.24) is 20.1 Å². The third-order valence-corrected chi connectivity index (χ3v) is 2.25. The summed E-state index contributed by atoms with van der Waals surface area (Å²) in [6.45, 7) is 5.04. The van der Waals surface area contributed by atoms with Crippen LogP contribution in [0.4, 0.5) is 0 Å². The third kappa shape index (κ3) is 2.67. The molecule has 1 N–H and O–H groups in total. The summed E-state index contributed by atoms with van der Waals surface area (Å²) in [5, 5.41) is 7.80. The average Bonchev–Trinajstić information content (AvgIpc) is 2.76. The molecule has 2 heterocycles. The quantitative estimate of drug-likeness (QED) is 0.847. The number of aromatic nitrogens is 3. The monoisotopic (exact) mass is 216 g/mol. The van der Waals surface area contributed by atoms with Crippen molar-refractivity contribution in [3.05, 3.63) is 42.5 Å². The van der Waals surface area contributed by atoms with Gasteiger partial charge in [-0.3, -0.25) is 4.98 Å². The summed E-state index contributed by atoms with van der Waals surface area (Å²) in [4.78, 5) is 4.07. The summed E-state index contributed by atoms with van der Waals surface area (Å²) in [6, 6.07) is 6.38. The van der Waals surface area contributed by atoms with Gasteiger partial charge in [-0.2, -0.15) is 5.10 Å². The minimum atomic E-state index is 0.476. The van der Waals surface area contributed by atoms with E-state index >= 15 is 0 Å². The van der Waals surface area contributed by atoms with Crippen LogP contribution in [0, 0.1) is 0 Å². The second-order valence-electron chi connectivity index (χ2n) is 4.00. The van der Waals surface area contributed by atoms with Crippen molar-refractivity contribution in [2.45, 2.75) is 26.4 Å². The first-order valence-corrected chi connectivity index (χ1v) is 5.44. The highest BCUT2D eigenvalue weighted by Gasteiger charge is 2.01. The molecule has 4 heteroatoms. The maximum Gasteiger partial charge on any atom is 0.0828 e. The Kier molecular flexibility index (Phi) is 3.31. The van der Waals surface area contributed by atoms with Crippen molar-refractivity contribution in [1.29, 1.82) is 0 Å². The number of hydrogen-bond donors (Lipinski definition) is 1. The third-order valence-electron chi connectivity index (χ3n) is 2.25. The van der Waals surface area contributed by atoms with Crippen molar-refractivity contribution in [2.24, 2.45) is 0 Å². The van der Waals surface area contributed by atoms with Crippen molar-refractivity contribution in [3.8, 4) is 5.69 Å². The second-order valence-corrected chi connectivity index (χ2v) is 4.00. The van der Waals surface area contributed by atoms with Gasteiger partial charge in [0.1, 0.15) is 0 Å². The molecule has 0 spiro atoms. The Balaban J connectivity index is 2.08. The molecular weight excluding hydrogens is 200 g/mol. The molecule has 0 saturated carbocycles. The fourth-order valence-electron chi connectivity index (χ4n) is 1.40. The van der Waals surface area contributed by atoms with Gasteiger partial charge in [-0.15, -0.1) is 0 Å². The fraction of sp³-hybridized carbons (Fsp3) is 0.333. The van der Waals surface area contributed by atoms with Gasteiger partial charge in [0.05, 0.1) is 17.6 Å². The zero-order valence-corrected chi connectivity index (χ0v) is 9.59. The molecule has 0 aliphatic heterocycles. The molecule has 84 valence electrons. The summed E-state index contributed by atoms with van der Waals surface area (Å²) in [6.07, 6.45) is 5.51. The molecule has 16 heavy (non-hydrogen) atoms. The van der Waals surface area contributed by atoms with Gasteiger partial charge < -0.3 is 5.32 Å². The Morgan fingerprint density at radius 2 is 2.25 bits per heavy atom. The standard InChI is InChI=1S/C12H16N4/c1-10(2)14-8-11-5-7-16(15-11)12-4-3-6-13-9-12/h3-7,9-10,14H,8H2,1-2H3. The van der Waals surface area contributed by atoms with E-state index < -0.39 is 0 Å². The zero-order valence-electron chi connectivity index (χ0n) is 9.59. The Labute approximate surface area is 95.3 Å². The second kappa shape index (κ2) is 4.90. The molecule has 4 nitrogen and oxygen atoms in total. The minimum Gasteiger partial charge on any atom is -0.309 e. The first-order chi connectivity index (χ1) is 7.75. The summed E-state index contributed by atoms with van der Waals surface area (Å²) in [7, 11) is 0. The summed E-state index contributed by atoms with van der Waals surface area (Å²) in [5.41, 5.74) is 2.02. The lowest BCUT2D eigenvalue weighted by Crippen LogP contribution is -2.22. The van der Waals surface area contributed by atoms with Crippen LogP contribution in [0.25, 0.3) is 5.69 Å². The van der Waals surface area contributed by atoms with Gasteiger partial charge in [-0.05, 0) is 18.2 Å². The molecule has 0 aliphatic carbocycles. The van der Waals surface area contributed by atoms with E-state index in [9.17, 15) is 0 Å². The van der Waals surface area contributed by atoms with Gasteiger partial charge >= 0.3 is 0 Å². The molecule has 2 rings (SSSR count). The van der Waals surface area contributed by atoms with Gasteiger partial charge in [-0.1, -0.05) is 13.8 Å². The highest BCUT2D eigenvalue weighted by molar-refractivity contribution is 5.26. The van der Waals surface area contributed by atoms with Crippen LogP contribution in [0.3, 0.4) is 0 Å². The fourth-order valence-corrected chi connectivity index (χ4v) is 1.40. The maximum absolute atomic E-state index is 4.47. The van der Waals surface area contributed by atoms with Crippen LogP contribution in [0.2, 0.25) is 0 Å². The van der Waals surface area contributed by atoms with E-state index in [1.807, 2.05) is 29.1 Å². The molecule has 0 saturated heterocycles. The topological polar surface area (TPSA) is 42.7 Å². The number of nitrogens with zero attached hydrogens (tertiary/aromatic N) is 3. The van der Waals surface area contributed by atoms with E-state index in [2.05, 4.69) is 29.2 Å². The van der Waals surface area contributed by atoms with E-state index in [1.165, 1.54) is 0 Å². The molecular formula is C12H16N4. The lowest BCUT2D eigenvalue weighted by molar-refractivity contribution is 0.578. The SMILES string of the molecule is CC(C)NCc1ccn(-c2cccnc2)n1. The lowest BCUT2D eigenvalue weighted by Gasteiger charge is -2.05. The molecule has 2 aromatic heterocycles. The molecule has 0 unspecified atom stereocenters. The highest BCUT2D eigenvalue weighted by Crippen LogP contribution is 2.05. The summed E-state index contributed by atoms with van der Waals surface area (Å²) >= 11 is 0. The van der Waals surface area contributed by atoms with Crippen molar-refractivity contribution in [2.75, 3.05) is 0 Å². The van der Waals surface area contributed by atoms with Crippen LogP contribution < -0.4 is 5.32 Å². The van der Waals surface area contributed by atoms with E-state index in [1.54, 1.807) is 12.4 Å². The Morgan fingerprint density at radius 3 is 2.94 bits per heavy atom. The maximum atomic E-state index is 4.47. The molecule has 2 aromatic rings. The van der Waals surface area contributed by atoms with E-state index in [4.69, 9.17) is 0 Å². The van der Waals surface area contributed by atoms with Crippen LogP contribution in [0.15, 0.2) is 36.8 Å². The average molecular weight is 216 g/mol. The molecule has 0 amide bonds. The Bertz CT molecular complexity index is 433. The van der Waals surface area contributed by atoms with Crippen molar-refractivity contribution in [3.63, 3.8) is 0 Å². The van der Waals surface area contributed by atoms with Gasteiger partial charge in [0.2, 0.25) is 0 Å². The van der Waals surface area contributed by atoms with Crippen LogP contribution in [0.1, 0.15) is 19.5 Å². The van der Waals surface area contributed by atoms with Gasteiger partial charge in [-0.25, -0.2) is 4.68 Å². The smallest absolute Gasteiger partial charge is 0.0828 e. The van der Waals surface area contributed by atoms with Crippen LogP contribution in [0.5, 0.6) is 0 Å². The molecule has 0 aliphatic rings. The molecule has 0 atom stereocenters. The van der Waals surface area contributed by atoms with Crippen LogP contribution in [-0.2, 0) is 6.54 Å². The molecule has 0 fully saturated rings. The number of rotatable bonds is 4. The minimum absolute atomic E-state index is 0.476. The predicted octanol–water partition coefficient (Wildman–Crippen LogP) is 1.77. The highest BCUT2D eigenvalue weighted by atomic mass is 15.3. The summed E-state index contributed by atoms with van der Waals surface area (Å²) in [5.74, 6) is 0. The van der Waals surface area contributed by atoms with E-state index in [0.717, 1.165) is 17.9 Å². The van der Waals surface area contributed by atoms with Gasteiger partial charge in [0.15, 0.2) is 0 Å². The van der Waals surface area contributed by atoms with E-state index in [-0.39, 0.29) is 0 Å². The molecule has 0 radical (unpaired) electrons. The van der Waals surface area contributed by atoms with Crippen LogP contribution >= 0.6 is 0 Å². The van der Waals surface area contributed by atoms with Crippen molar-refractivity contribution < 1.29 is 0 Å². The predicted molar refractivity (Wildman–Crippen MR) is 63.3 cm³/mol. The van der Waals surface area contributed by atoms with Gasteiger partial charge in [0, 0.05) is 25.0 Å². The number of nitrogens with one attached hydrogen (secondary N) is 1.